The predicted octanol–water partition coefficient (Wildman–Crippen LogP) is 17.9. The van der Waals surface area contributed by atoms with Crippen molar-refractivity contribution in [1.29, 1.82) is 0 Å². The first-order chi connectivity index (χ1) is 37.5. The number of ether oxygens (including phenoxy) is 2. The van der Waals surface area contributed by atoms with Crippen LogP contribution < -0.4 is 14.8 Å². The average molecular weight is 1070 g/mol. The highest BCUT2D eigenvalue weighted by atomic mass is 35.5. The molecule has 0 radical (unpaired) electrons. The van der Waals surface area contributed by atoms with Crippen LogP contribution in [0.15, 0.2) is 188 Å². The van der Waals surface area contributed by atoms with Crippen LogP contribution in [-0.4, -0.2) is 52.7 Å². The molecule has 2 saturated carbocycles. The standard InChI is InChI=1S/C26H35O2P.C21H21N.C17H12ClN.C4H11BO2/c1-27-23-17-11-18-24(28-2)26(23)22-16-9-10-19-25(22)29(20-12-5-3-6-13-20)21-14-7-4-8-15-21;1-16(2)13-17-11-12-21(22-15-17)20-10-6-9-19(14-20)18-7-4-3-5-8-18;18-16-9-10-17(19-12-16)15-8-4-7-14(11-15)13-5-2-1-3-6-13;1-4(2)3-5(6)7/h9-11,16-21H,3-8,12-15H2,1-2H3;3-12,14-16H,13H2,1-2H3;1-12H;4,6-7H,3H2,1-2H3. The smallest absolute Gasteiger partial charge is 0.451 e. The Morgan fingerprint density at radius 1 is 0.506 bits per heavy atom. The van der Waals surface area contributed by atoms with E-state index in [1.807, 2.05) is 68.6 Å². The van der Waals surface area contributed by atoms with Crippen LogP contribution in [0.1, 0.15) is 97.5 Å². The van der Waals surface area contributed by atoms with Crippen molar-refractivity contribution in [2.45, 2.75) is 116 Å². The Hall–Kier alpha value is -6.08. The minimum Gasteiger partial charge on any atom is -0.496 e. The predicted molar refractivity (Wildman–Crippen MR) is 329 cm³/mol. The number of halogens is 1. The van der Waals surface area contributed by atoms with Crippen LogP contribution in [0.25, 0.3) is 55.9 Å². The Bertz CT molecular complexity index is 2920. The van der Waals surface area contributed by atoms with Crippen LogP contribution in [0.4, 0.5) is 0 Å². The van der Waals surface area contributed by atoms with E-state index in [0.717, 1.165) is 57.3 Å². The molecule has 400 valence electrons. The zero-order valence-electron chi connectivity index (χ0n) is 46.2. The molecule has 0 atom stereocenters. The Kier molecular flexibility index (Phi) is 23.4. The van der Waals surface area contributed by atoms with Crippen molar-refractivity contribution in [2.75, 3.05) is 14.2 Å². The maximum Gasteiger partial charge on any atom is 0.451 e. The molecule has 2 heterocycles. The third-order valence-electron chi connectivity index (χ3n) is 14.2. The highest BCUT2D eigenvalue weighted by Crippen LogP contribution is 2.57. The average Bonchev–Trinajstić information content (AvgIpc) is 3.47. The first-order valence-electron chi connectivity index (χ1n) is 27.8. The van der Waals surface area contributed by atoms with Gasteiger partial charge in [-0.05, 0) is 143 Å². The van der Waals surface area contributed by atoms with Crippen molar-refractivity contribution in [2.24, 2.45) is 11.8 Å². The van der Waals surface area contributed by atoms with Gasteiger partial charge in [0.1, 0.15) is 11.5 Å². The summed E-state index contributed by atoms with van der Waals surface area (Å²) in [6.45, 7) is 8.35. The normalized spacial score (nSPS) is 13.6. The van der Waals surface area contributed by atoms with Gasteiger partial charge in [0.2, 0.25) is 0 Å². The first kappa shape index (κ1) is 58.6. The number of pyridine rings is 2. The number of methoxy groups -OCH3 is 2. The number of nitrogens with zero attached hydrogens (tertiary/aromatic N) is 2. The first-order valence-corrected chi connectivity index (χ1v) is 29.7. The molecule has 0 bridgehead atoms. The van der Waals surface area contributed by atoms with Crippen molar-refractivity contribution in [1.82, 2.24) is 9.97 Å². The molecule has 2 aliphatic rings. The second kappa shape index (κ2) is 30.8. The van der Waals surface area contributed by atoms with Crippen molar-refractivity contribution < 1.29 is 19.5 Å². The minimum absolute atomic E-state index is 0.182. The zero-order valence-corrected chi connectivity index (χ0v) is 47.9. The van der Waals surface area contributed by atoms with Crippen LogP contribution >= 0.6 is 19.5 Å². The molecule has 0 amide bonds. The molecule has 6 nitrogen and oxygen atoms in total. The van der Waals surface area contributed by atoms with Crippen LogP contribution in [0.3, 0.4) is 0 Å². The Labute approximate surface area is 467 Å². The van der Waals surface area contributed by atoms with Gasteiger partial charge in [-0.15, -0.1) is 0 Å². The fraction of sp³-hybridized carbons (Fsp3) is 0.324. The van der Waals surface area contributed by atoms with Crippen molar-refractivity contribution >= 4 is 31.9 Å². The maximum absolute atomic E-state index is 8.28. The van der Waals surface area contributed by atoms with E-state index < -0.39 is 7.12 Å². The van der Waals surface area contributed by atoms with Crippen LogP contribution in [0.5, 0.6) is 11.5 Å². The third-order valence-corrected chi connectivity index (χ3v) is 18.0. The lowest BCUT2D eigenvalue weighted by Gasteiger charge is -2.39. The molecule has 0 saturated heterocycles. The Morgan fingerprint density at radius 2 is 0.961 bits per heavy atom. The van der Waals surface area contributed by atoms with E-state index in [4.69, 9.17) is 31.1 Å². The number of rotatable bonds is 14. The van der Waals surface area contributed by atoms with Gasteiger partial charge in [-0.1, -0.05) is 219 Å². The van der Waals surface area contributed by atoms with Gasteiger partial charge in [-0.2, -0.15) is 0 Å². The summed E-state index contributed by atoms with van der Waals surface area (Å²) in [6.07, 6.45) is 19.4. The summed E-state index contributed by atoms with van der Waals surface area (Å²) in [6, 6.07) is 61.1. The van der Waals surface area contributed by atoms with Gasteiger partial charge in [-0.25, -0.2) is 0 Å². The lowest BCUT2D eigenvalue weighted by atomic mass is 9.80. The molecule has 2 fully saturated rings. The van der Waals surface area contributed by atoms with Crippen LogP contribution in [0.2, 0.25) is 11.3 Å². The molecule has 77 heavy (non-hydrogen) atoms. The molecule has 0 aliphatic heterocycles. The molecule has 0 unspecified atom stereocenters. The summed E-state index contributed by atoms with van der Waals surface area (Å²) in [5, 5.41) is 18.8. The molecule has 2 aromatic heterocycles. The molecule has 9 heteroatoms. The van der Waals surface area contributed by atoms with E-state index in [-0.39, 0.29) is 7.92 Å². The fourth-order valence-electron chi connectivity index (χ4n) is 10.6. The second-order valence-corrected chi connectivity index (χ2v) is 24.3. The van der Waals surface area contributed by atoms with Gasteiger partial charge in [0, 0.05) is 23.5 Å². The van der Waals surface area contributed by atoms with E-state index in [9.17, 15) is 0 Å². The highest BCUT2D eigenvalue weighted by molar-refractivity contribution is 7.67. The molecule has 2 N–H and O–H groups in total. The van der Waals surface area contributed by atoms with Crippen molar-refractivity contribution in [3.05, 3.63) is 199 Å². The molecule has 8 aromatic rings. The molecular formula is C68H79BClN2O4P. The summed E-state index contributed by atoms with van der Waals surface area (Å²) < 4.78 is 11.6. The van der Waals surface area contributed by atoms with E-state index >= 15 is 0 Å². The van der Waals surface area contributed by atoms with Gasteiger partial charge in [0.25, 0.3) is 0 Å². The Balaban J connectivity index is 0.000000161. The van der Waals surface area contributed by atoms with Crippen molar-refractivity contribution in [3.63, 3.8) is 0 Å². The monoisotopic (exact) mass is 1060 g/mol. The van der Waals surface area contributed by atoms with Crippen LogP contribution in [-0.2, 0) is 6.42 Å². The van der Waals surface area contributed by atoms with Gasteiger partial charge in [0.05, 0.1) is 36.2 Å². The minimum atomic E-state index is -1.13. The topological polar surface area (TPSA) is 84.7 Å². The number of benzene rings is 6. The third kappa shape index (κ3) is 17.7. The van der Waals surface area contributed by atoms with E-state index in [1.165, 1.54) is 97.6 Å². The maximum atomic E-state index is 8.28. The van der Waals surface area contributed by atoms with Gasteiger partial charge in [0.15, 0.2) is 0 Å². The number of aromatic nitrogens is 2. The lowest BCUT2D eigenvalue weighted by molar-refractivity contribution is 0.394. The van der Waals surface area contributed by atoms with Gasteiger partial charge in [-0.3, -0.25) is 9.97 Å². The summed E-state index contributed by atoms with van der Waals surface area (Å²) in [4.78, 5) is 8.99. The van der Waals surface area contributed by atoms with Gasteiger partial charge < -0.3 is 19.5 Å². The van der Waals surface area contributed by atoms with Gasteiger partial charge >= 0.3 is 7.12 Å². The summed E-state index contributed by atoms with van der Waals surface area (Å²) in [5.74, 6) is 2.87. The molecule has 10 rings (SSSR count). The zero-order chi connectivity index (χ0) is 54.4. The van der Waals surface area contributed by atoms with E-state index in [1.54, 1.807) is 25.7 Å². The summed E-state index contributed by atoms with van der Waals surface area (Å²) in [5.41, 5.74) is 14.6. The molecule has 2 aliphatic carbocycles. The second-order valence-electron chi connectivity index (χ2n) is 21.1. The van der Waals surface area contributed by atoms with Crippen molar-refractivity contribution in [3.8, 4) is 67.4 Å². The van der Waals surface area contributed by atoms with E-state index in [0.29, 0.717) is 23.2 Å². The largest absolute Gasteiger partial charge is 0.496 e. The fourth-order valence-corrected chi connectivity index (χ4v) is 14.6. The quantitative estimate of drug-likeness (QED) is 0.0834. The summed E-state index contributed by atoms with van der Waals surface area (Å²) in [7, 11) is 2.23. The Morgan fingerprint density at radius 3 is 1.39 bits per heavy atom. The SMILES string of the molecule is CC(C)CB(O)O.CC(C)Cc1ccc(-c2cccc(-c3ccccc3)c2)nc1.COc1cccc(OC)c1-c1ccccc1P(C1CCCCC1)C1CCCCC1.Clc1ccc(-c2cccc(-c3ccccc3)c2)nc1. The highest BCUT2D eigenvalue weighted by Gasteiger charge is 2.34. The molecular weight excluding hydrogens is 986 g/mol. The lowest BCUT2D eigenvalue weighted by Crippen LogP contribution is -2.27. The number of hydrogen-bond acceptors (Lipinski definition) is 6. The summed E-state index contributed by atoms with van der Waals surface area (Å²) >= 11 is 5.86. The van der Waals surface area contributed by atoms with E-state index in [2.05, 4.69) is 151 Å². The molecule has 0 spiro atoms. The van der Waals surface area contributed by atoms with Crippen LogP contribution in [0, 0.1) is 11.8 Å². The molecule has 6 aromatic carbocycles. The number of hydrogen-bond donors (Lipinski definition) is 2.